The summed E-state index contributed by atoms with van der Waals surface area (Å²) in [6.45, 7) is 3.76. The molecule has 0 aliphatic rings. The molecular formula is C54H105N17O6. The van der Waals surface area contributed by atoms with Crippen molar-refractivity contribution in [1.29, 1.82) is 0 Å². The van der Waals surface area contributed by atoms with Crippen LogP contribution in [0, 0.1) is 0 Å². The van der Waals surface area contributed by atoms with Gasteiger partial charge in [-0.05, 0) is 77.3 Å². The van der Waals surface area contributed by atoms with E-state index in [1.54, 1.807) is 11.1 Å². The number of hydrogen-bond acceptors (Lipinski definition) is 12. The van der Waals surface area contributed by atoms with Crippen molar-refractivity contribution in [3.05, 3.63) is 18.2 Å². The minimum absolute atomic E-state index is 0.0429. The highest BCUT2D eigenvalue weighted by molar-refractivity contribution is 5.90. The highest BCUT2D eigenvalue weighted by Crippen LogP contribution is 2.18. The molecule has 6 amide bonds. The van der Waals surface area contributed by atoms with Gasteiger partial charge in [-0.3, -0.25) is 38.8 Å². The maximum atomic E-state index is 14.5. The summed E-state index contributed by atoms with van der Waals surface area (Å²) in [5.74, 6) is -2.59. The third-order valence-corrected chi connectivity index (χ3v) is 13.7. The molecule has 0 aromatic carbocycles. The monoisotopic (exact) mass is 1090 g/mol. The zero-order valence-corrected chi connectivity index (χ0v) is 47.2. The van der Waals surface area contributed by atoms with Gasteiger partial charge in [-0.2, -0.15) is 0 Å². The van der Waals surface area contributed by atoms with Crippen LogP contribution in [0.15, 0.2) is 22.5 Å². The van der Waals surface area contributed by atoms with E-state index in [4.69, 9.17) is 45.9 Å². The van der Waals surface area contributed by atoms with Crippen molar-refractivity contribution in [3.8, 4) is 0 Å². The van der Waals surface area contributed by atoms with Crippen LogP contribution in [0.3, 0.4) is 0 Å². The number of unbranched alkanes of at least 4 members (excludes halogenated alkanes) is 18. The van der Waals surface area contributed by atoms with Crippen LogP contribution in [0.4, 0.5) is 0 Å². The number of nitrogens with one attached hydrogen (secondary N) is 3. The van der Waals surface area contributed by atoms with E-state index in [0.717, 1.165) is 19.3 Å². The molecule has 0 aliphatic heterocycles. The molecule has 0 unspecified atom stereocenters. The Hall–Kier alpha value is -5.55. The lowest BCUT2D eigenvalue weighted by Crippen LogP contribution is -2.56. The molecule has 0 aliphatic carbocycles. The Morgan fingerprint density at radius 1 is 0.506 bits per heavy atom. The van der Waals surface area contributed by atoms with Gasteiger partial charge in [0.1, 0.15) is 18.1 Å². The van der Waals surface area contributed by atoms with Gasteiger partial charge < -0.3 is 76.2 Å². The van der Waals surface area contributed by atoms with Crippen LogP contribution in [0.5, 0.6) is 0 Å². The maximum absolute atomic E-state index is 14.5. The number of nitrogens with zero attached hydrogens (tertiary/aromatic N) is 6. The number of H-pyrrole nitrogens is 1. The molecular weight excluding hydrogens is 983 g/mol. The molecule has 0 spiro atoms. The summed E-state index contributed by atoms with van der Waals surface area (Å²) in [4.78, 5) is 103. The van der Waals surface area contributed by atoms with Gasteiger partial charge >= 0.3 is 0 Å². The fourth-order valence-electron chi connectivity index (χ4n) is 9.41. The Morgan fingerprint density at radius 3 is 1.38 bits per heavy atom. The maximum Gasteiger partial charge on any atom is 0.243 e. The normalized spacial score (nSPS) is 12.3. The summed E-state index contributed by atoms with van der Waals surface area (Å²) < 4.78 is 0. The number of carbonyl (C=O) groups is 6. The van der Waals surface area contributed by atoms with Crippen molar-refractivity contribution < 1.29 is 28.8 Å². The minimum Gasteiger partial charge on any atom is -0.370 e. The number of aromatic amines is 1. The molecule has 1 rings (SSSR count). The van der Waals surface area contributed by atoms with Crippen molar-refractivity contribution in [2.24, 2.45) is 55.9 Å². The van der Waals surface area contributed by atoms with Crippen LogP contribution in [0.2, 0.25) is 0 Å². The molecule has 1 aromatic heterocycles. The fourth-order valence-corrected chi connectivity index (χ4v) is 9.41. The summed E-state index contributed by atoms with van der Waals surface area (Å²) in [7, 11) is 0. The van der Waals surface area contributed by atoms with E-state index < -0.39 is 35.8 Å². The van der Waals surface area contributed by atoms with Crippen LogP contribution in [0.25, 0.3) is 0 Å². The molecule has 23 heteroatoms. The molecule has 0 saturated carbocycles. The lowest BCUT2D eigenvalue weighted by Gasteiger charge is -2.33. The van der Waals surface area contributed by atoms with E-state index in [1.165, 1.54) is 86.8 Å². The quantitative estimate of drug-likeness (QED) is 0.0254. The first-order chi connectivity index (χ1) is 37.2. The third kappa shape index (κ3) is 33.4. The molecule has 0 radical (unpaired) electrons. The van der Waals surface area contributed by atoms with E-state index in [1.807, 2.05) is 0 Å². The SMILES string of the molecule is CCCCCCCCCCCCCCCCCC(=O)N(CCN)[C@@H](CCCN=C(N)N)C(=O)NCCN(C(=O)CCCCCN)[C@@H](Cc1cnc[nH]1)C(=O)NCCN(C(=O)CCCCN=C(N)N)[C@@H](CCCCN)C(N)=O. The lowest BCUT2D eigenvalue weighted by molar-refractivity contribution is -0.142. The molecule has 1 aromatic rings. The number of aliphatic imine (C=N–C) groups is 2. The average molecular weight is 1090 g/mol. The van der Waals surface area contributed by atoms with Gasteiger partial charge in [-0.1, -0.05) is 103 Å². The predicted octanol–water partition coefficient (Wildman–Crippen LogP) is 2.63. The third-order valence-electron chi connectivity index (χ3n) is 13.7. The van der Waals surface area contributed by atoms with Crippen molar-refractivity contribution in [3.63, 3.8) is 0 Å². The highest BCUT2D eigenvalue weighted by Gasteiger charge is 2.33. The van der Waals surface area contributed by atoms with Crippen LogP contribution in [0.1, 0.15) is 192 Å². The number of rotatable bonds is 50. The summed E-state index contributed by atoms with van der Waals surface area (Å²) in [6, 6.07) is -2.93. The Labute approximate surface area is 460 Å². The second-order valence-electron chi connectivity index (χ2n) is 20.2. The number of carbonyl (C=O) groups excluding carboxylic acids is 6. The van der Waals surface area contributed by atoms with Gasteiger partial charge in [0.2, 0.25) is 35.4 Å². The van der Waals surface area contributed by atoms with Gasteiger partial charge in [-0.25, -0.2) is 4.98 Å². The van der Waals surface area contributed by atoms with Crippen LogP contribution in [-0.2, 0) is 35.2 Å². The molecule has 0 fully saturated rings. The smallest absolute Gasteiger partial charge is 0.243 e. The van der Waals surface area contributed by atoms with Gasteiger partial charge in [-0.15, -0.1) is 0 Å². The topological polar surface area (TPSA) is 398 Å². The largest absolute Gasteiger partial charge is 0.370 e. The van der Waals surface area contributed by atoms with Gasteiger partial charge in [0.25, 0.3) is 0 Å². The molecule has 1 heterocycles. The number of nitrogens with two attached hydrogens (primary N) is 8. The predicted molar refractivity (Wildman–Crippen MR) is 307 cm³/mol. The number of aromatic nitrogens is 2. The Morgan fingerprint density at radius 2 is 0.922 bits per heavy atom. The van der Waals surface area contributed by atoms with Gasteiger partial charge in [0.15, 0.2) is 11.9 Å². The lowest BCUT2D eigenvalue weighted by atomic mass is 10.0. The van der Waals surface area contributed by atoms with E-state index in [-0.39, 0.29) is 114 Å². The zero-order valence-electron chi connectivity index (χ0n) is 47.2. The number of amides is 6. The molecule has 442 valence electrons. The van der Waals surface area contributed by atoms with Crippen molar-refractivity contribution in [1.82, 2.24) is 35.3 Å². The molecule has 19 N–H and O–H groups in total. The first kappa shape index (κ1) is 69.5. The number of guanidine groups is 2. The number of imidazole rings is 1. The Bertz CT molecular complexity index is 1790. The number of primary amides is 1. The molecule has 0 saturated heterocycles. The van der Waals surface area contributed by atoms with Gasteiger partial charge in [0.05, 0.1) is 6.33 Å². The zero-order chi connectivity index (χ0) is 56.9. The van der Waals surface area contributed by atoms with E-state index in [2.05, 4.69) is 37.5 Å². The van der Waals surface area contributed by atoms with E-state index >= 15 is 0 Å². The Kier molecular flexibility index (Phi) is 41.0. The van der Waals surface area contributed by atoms with Crippen molar-refractivity contribution in [2.45, 2.75) is 211 Å². The average Bonchev–Trinajstić information content (AvgIpc) is 3.92. The number of hydrogen-bond donors (Lipinski definition) is 11. The minimum atomic E-state index is -1.09. The first-order valence-corrected chi connectivity index (χ1v) is 29.1. The van der Waals surface area contributed by atoms with Crippen LogP contribution >= 0.6 is 0 Å². The molecule has 23 nitrogen and oxygen atoms in total. The first-order valence-electron chi connectivity index (χ1n) is 29.1. The fraction of sp³-hybridized carbons (Fsp3) is 0.796. The van der Waals surface area contributed by atoms with Crippen molar-refractivity contribution >= 4 is 47.4 Å². The van der Waals surface area contributed by atoms with E-state index in [0.29, 0.717) is 83.1 Å². The molecule has 3 atom stereocenters. The second kappa shape index (κ2) is 45.5. The van der Waals surface area contributed by atoms with Crippen molar-refractivity contribution in [2.75, 3.05) is 65.4 Å². The standard InChI is InChI=1S/C54H105N17O6/c1-2-3-4-5-6-7-8-9-10-11-12-13-14-15-17-27-47(72)69(37-32-57)45(26-24-34-67-54(61)62)51(76)64-36-39-71(49(74)28-18-16-21-30-55)46(40-43-41-63-42-68-43)52(77)65-35-38-70(44(50(58)75)25-19-22-31-56)48(73)29-20-23-33-66-53(59)60/h41-42,44-46H,2-40,55-57H2,1H3,(H2,58,75)(H,63,68)(H,64,76)(H,65,77)(H4,59,60,66)(H4,61,62,67)/t44-,45-,46-/m0/s1. The molecule has 0 bridgehead atoms. The summed E-state index contributed by atoms with van der Waals surface area (Å²) in [5.41, 5.74) is 46.1. The molecule has 77 heavy (non-hydrogen) atoms. The summed E-state index contributed by atoms with van der Waals surface area (Å²) >= 11 is 0. The van der Waals surface area contributed by atoms with Crippen LogP contribution in [-0.4, -0.2) is 156 Å². The Balaban J connectivity index is 3.27. The van der Waals surface area contributed by atoms with Gasteiger partial charge in [0, 0.05) is 89.9 Å². The van der Waals surface area contributed by atoms with Crippen LogP contribution < -0.4 is 56.5 Å². The second-order valence-corrected chi connectivity index (χ2v) is 20.2. The summed E-state index contributed by atoms with van der Waals surface area (Å²) in [6.07, 6.45) is 26.7. The highest BCUT2D eigenvalue weighted by atomic mass is 16.2. The summed E-state index contributed by atoms with van der Waals surface area (Å²) in [5, 5.41) is 5.89. The van der Waals surface area contributed by atoms with E-state index in [9.17, 15) is 28.8 Å².